The van der Waals surface area contributed by atoms with Crippen molar-refractivity contribution >= 4 is 17.3 Å². The van der Waals surface area contributed by atoms with E-state index in [9.17, 15) is 18.0 Å². The maximum Gasteiger partial charge on any atom is 0.416 e. The first-order valence-corrected chi connectivity index (χ1v) is 12.8. The lowest BCUT2D eigenvalue weighted by Crippen LogP contribution is -2.55. The van der Waals surface area contributed by atoms with E-state index < -0.39 is 11.7 Å². The number of nitrogens with zero attached hydrogens (tertiary/aromatic N) is 8. The molecule has 0 saturated carbocycles. The smallest absolute Gasteiger partial charge is 0.416 e. The Bertz CT molecular complexity index is 1360. The Hall–Kier alpha value is -3.90. The average Bonchev–Trinajstić information content (AvgIpc) is 3.22. The summed E-state index contributed by atoms with van der Waals surface area (Å²) in [6, 6.07) is 2.86. The van der Waals surface area contributed by atoms with Crippen molar-refractivity contribution in [3.63, 3.8) is 0 Å². The highest BCUT2D eigenvalue weighted by atomic mass is 19.4. The number of alkyl halides is 3. The Morgan fingerprint density at radius 3 is 2.44 bits per heavy atom. The first-order chi connectivity index (χ1) is 18.5. The van der Waals surface area contributed by atoms with Crippen molar-refractivity contribution in [1.82, 2.24) is 29.6 Å². The van der Waals surface area contributed by atoms with Gasteiger partial charge < -0.3 is 19.4 Å². The number of fused-ring (bicyclic) bond motifs is 1. The number of halogens is 3. The molecule has 3 aromatic rings. The van der Waals surface area contributed by atoms with Crippen molar-refractivity contribution in [3.8, 4) is 6.01 Å². The molecule has 0 N–H and O–H groups in total. The van der Waals surface area contributed by atoms with Gasteiger partial charge in [-0.3, -0.25) is 4.79 Å². The predicted molar refractivity (Wildman–Crippen MR) is 138 cm³/mol. The zero-order chi connectivity index (χ0) is 27.9. The van der Waals surface area contributed by atoms with Gasteiger partial charge >= 0.3 is 12.2 Å². The van der Waals surface area contributed by atoms with Gasteiger partial charge in [0.2, 0.25) is 5.91 Å². The maximum atomic E-state index is 13.9. The van der Waals surface area contributed by atoms with Gasteiger partial charge in [0.05, 0.1) is 30.8 Å². The van der Waals surface area contributed by atoms with E-state index in [1.54, 1.807) is 30.1 Å². The van der Waals surface area contributed by atoms with Gasteiger partial charge in [-0.2, -0.15) is 18.3 Å². The second-order valence-electron chi connectivity index (χ2n) is 9.93. The van der Waals surface area contributed by atoms with Gasteiger partial charge in [-0.05, 0) is 50.5 Å². The standard InChI is InChI=1S/C26H31F3N8O2/c1-16-13-35(9-10-36(16)24(38)15-37-18(3)32-17(2)33-37)23-6-5-22(26(27,28)29)20-7-8-34(14-21(20)23)19-11-30-25(39-4)31-12-19/h5-6,11-12,16H,7-10,13-15H2,1-4H3/t16-/m1/s1. The summed E-state index contributed by atoms with van der Waals surface area (Å²) in [6.07, 6.45) is -0.956. The zero-order valence-electron chi connectivity index (χ0n) is 22.4. The Morgan fingerprint density at radius 2 is 1.82 bits per heavy atom. The van der Waals surface area contributed by atoms with Crippen molar-refractivity contribution in [2.75, 3.05) is 43.1 Å². The Balaban J connectivity index is 1.39. The Kier molecular flexibility index (Phi) is 7.08. The third-order valence-electron chi connectivity index (χ3n) is 7.39. The molecule has 10 nitrogen and oxygen atoms in total. The van der Waals surface area contributed by atoms with Crippen LogP contribution < -0.4 is 14.5 Å². The van der Waals surface area contributed by atoms with E-state index in [4.69, 9.17) is 4.74 Å². The zero-order valence-corrected chi connectivity index (χ0v) is 22.4. The Morgan fingerprint density at radius 1 is 1.08 bits per heavy atom. The molecule has 1 fully saturated rings. The van der Waals surface area contributed by atoms with Crippen molar-refractivity contribution in [1.29, 1.82) is 0 Å². The second-order valence-corrected chi connectivity index (χ2v) is 9.93. The summed E-state index contributed by atoms with van der Waals surface area (Å²) in [5.74, 6) is 1.23. The summed E-state index contributed by atoms with van der Waals surface area (Å²) < 4.78 is 48.5. The number of aromatic nitrogens is 5. The predicted octanol–water partition coefficient (Wildman–Crippen LogP) is 3.01. The summed E-state index contributed by atoms with van der Waals surface area (Å²) in [6.45, 7) is 7.83. The fourth-order valence-corrected chi connectivity index (χ4v) is 5.50. The lowest BCUT2D eigenvalue weighted by atomic mass is 9.91. The molecule has 1 amide bonds. The summed E-state index contributed by atoms with van der Waals surface area (Å²) in [5.41, 5.74) is 1.86. The van der Waals surface area contributed by atoms with Gasteiger partial charge in [0.1, 0.15) is 18.2 Å². The van der Waals surface area contributed by atoms with Crippen LogP contribution in [0.25, 0.3) is 0 Å². The summed E-state index contributed by atoms with van der Waals surface area (Å²) in [5, 5.41) is 4.29. The lowest BCUT2D eigenvalue weighted by molar-refractivity contribution is -0.138. The number of carbonyl (C=O) groups excluding carboxylic acids is 1. The van der Waals surface area contributed by atoms with Crippen molar-refractivity contribution in [2.45, 2.75) is 52.5 Å². The molecule has 208 valence electrons. The minimum Gasteiger partial charge on any atom is -0.467 e. The fourth-order valence-electron chi connectivity index (χ4n) is 5.50. The first kappa shape index (κ1) is 26.7. The van der Waals surface area contributed by atoms with E-state index >= 15 is 0 Å². The number of amides is 1. The molecule has 0 bridgehead atoms. The van der Waals surface area contributed by atoms with E-state index in [2.05, 4.69) is 25.0 Å². The molecule has 1 saturated heterocycles. The lowest BCUT2D eigenvalue weighted by Gasteiger charge is -2.43. The number of carbonyl (C=O) groups is 1. The highest BCUT2D eigenvalue weighted by Gasteiger charge is 2.38. The van der Waals surface area contributed by atoms with Crippen molar-refractivity contribution in [2.24, 2.45) is 0 Å². The van der Waals surface area contributed by atoms with Crippen LogP contribution in [0.15, 0.2) is 24.5 Å². The van der Waals surface area contributed by atoms with Crippen LogP contribution in [0.3, 0.4) is 0 Å². The molecule has 5 rings (SSSR count). The van der Waals surface area contributed by atoms with Gasteiger partial charge in [-0.25, -0.2) is 19.6 Å². The number of aryl methyl sites for hydroxylation is 2. The molecule has 39 heavy (non-hydrogen) atoms. The number of anilines is 2. The van der Waals surface area contributed by atoms with Crippen LogP contribution in [0.5, 0.6) is 6.01 Å². The fraction of sp³-hybridized carbons (Fsp3) is 0.500. The molecule has 0 aliphatic carbocycles. The number of piperazine rings is 1. The molecule has 2 aromatic heterocycles. The van der Waals surface area contributed by atoms with Crippen LogP contribution in [-0.2, 0) is 30.5 Å². The molecule has 0 radical (unpaired) electrons. The van der Waals surface area contributed by atoms with Crippen LogP contribution in [0.1, 0.15) is 35.3 Å². The Labute approximate surface area is 224 Å². The number of rotatable bonds is 5. The third-order valence-corrected chi connectivity index (χ3v) is 7.39. The maximum absolute atomic E-state index is 13.9. The largest absolute Gasteiger partial charge is 0.467 e. The van der Waals surface area contributed by atoms with E-state index in [1.165, 1.54) is 13.2 Å². The monoisotopic (exact) mass is 544 g/mol. The molecular formula is C26H31F3N8O2. The van der Waals surface area contributed by atoms with Crippen LogP contribution in [-0.4, -0.2) is 74.9 Å². The quantitative estimate of drug-likeness (QED) is 0.484. The molecule has 2 aliphatic rings. The first-order valence-electron chi connectivity index (χ1n) is 12.8. The van der Waals surface area contributed by atoms with Crippen LogP contribution in [0, 0.1) is 13.8 Å². The number of methoxy groups -OCH3 is 1. The molecule has 4 heterocycles. The molecule has 2 aliphatic heterocycles. The second kappa shape index (κ2) is 10.3. The molecule has 0 spiro atoms. The molecule has 13 heteroatoms. The van der Waals surface area contributed by atoms with Gasteiger partial charge in [-0.15, -0.1) is 0 Å². The van der Waals surface area contributed by atoms with Crippen LogP contribution in [0.4, 0.5) is 24.5 Å². The van der Waals surface area contributed by atoms with Gasteiger partial charge in [0.15, 0.2) is 0 Å². The highest BCUT2D eigenvalue weighted by Crippen LogP contribution is 2.40. The van der Waals surface area contributed by atoms with Gasteiger partial charge in [-0.1, -0.05) is 0 Å². The summed E-state index contributed by atoms with van der Waals surface area (Å²) in [4.78, 5) is 31.5. The minimum atomic E-state index is -4.44. The summed E-state index contributed by atoms with van der Waals surface area (Å²) in [7, 11) is 1.47. The normalized spacial score (nSPS) is 17.8. The van der Waals surface area contributed by atoms with Gasteiger partial charge in [0.25, 0.3) is 0 Å². The van der Waals surface area contributed by atoms with Crippen LogP contribution >= 0.6 is 0 Å². The average molecular weight is 545 g/mol. The highest BCUT2D eigenvalue weighted by molar-refractivity contribution is 5.77. The summed E-state index contributed by atoms with van der Waals surface area (Å²) >= 11 is 0. The molecule has 1 atom stereocenters. The van der Waals surface area contributed by atoms with E-state index in [0.29, 0.717) is 61.2 Å². The molecule has 1 aromatic carbocycles. The third kappa shape index (κ3) is 5.34. The molecular weight excluding hydrogens is 513 g/mol. The minimum absolute atomic E-state index is 0.0599. The van der Waals surface area contributed by atoms with E-state index in [0.717, 1.165) is 5.69 Å². The van der Waals surface area contributed by atoms with Crippen LogP contribution in [0.2, 0.25) is 0 Å². The number of hydrogen-bond donors (Lipinski definition) is 0. The van der Waals surface area contributed by atoms with E-state index in [1.807, 2.05) is 23.6 Å². The molecule has 0 unspecified atom stereocenters. The number of ether oxygens (including phenoxy) is 1. The van der Waals surface area contributed by atoms with Crippen molar-refractivity contribution in [3.05, 3.63) is 52.9 Å². The van der Waals surface area contributed by atoms with E-state index in [-0.39, 0.29) is 30.9 Å². The van der Waals surface area contributed by atoms with Crippen molar-refractivity contribution < 1.29 is 22.7 Å². The van der Waals surface area contributed by atoms with Gasteiger partial charge in [0, 0.05) is 44.5 Å². The number of hydrogen-bond acceptors (Lipinski definition) is 8. The number of benzene rings is 1. The SMILES string of the molecule is COc1ncc(N2CCc3c(C(F)(F)F)ccc(N4CCN(C(=O)Cn5nc(C)nc5C)[C@H](C)C4)c3C2)cn1. The topological polar surface area (TPSA) is 92.5 Å².